The third kappa shape index (κ3) is 7.90. The van der Waals surface area contributed by atoms with Crippen LogP contribution < -0.4 is 16.2 Å². The molecular formula is C29H35N6O5S2. The zero-order valence-corrected chi connectivity index (χ0v) is 25.2. The van der Waals surface area contributed by atoms with Crippen LogP contribution in [0, 0.1) is 11.8 Å². The van der Waals surface area contributed by atoms with Crippen LogP contribution in [0.3, 0.4) is 0 Å². The molecule has 2 unspecified atom stereocenters. The van der Waals surface area contributed by atoms with Crippen LogP contribution in [0.2, 0.25) is 0 Å². The second-order valence-electron chi connectivity index (χ2n) is 11.2. The molecule has 13 heteroatoms. The van der Waals surface area contributed by atoms with Gasteiger partial charge in [-0.05, 0) is 49.5 Å². The lowest BCUT2D eigenvalue weighted by atomic mass is 10.0. The largest absolute Gasteiger partial charge is 0.445 e. The minimum absolute atomic E-state index is 0.122. The van der Waals surface area contributed by atoms with E-state index in [1.54, 1.807) is 10.8 Å². The predicted octanol–water partition coefficient (Wildman–Crippen LogP) is 4.67. The number of thiazole rings is 1. The van der Waals surface area contributed by atoms with Crippen molar-refractivity contribution in [3.05, 3.63) is 63.1 Å². The summed E-state index contributed by atoms with van der Waals surface area (Å²) in [6.45, 7) is 5.07. The summed E-state index contributed by atoms with van der Waals surface area (Å²) in [5.74, 6) is 0.260. The van der Waals surface area contributed by atoms with Crippen molar-refractivity contribution in [2.45, 2.75) is 70.1 Å². The number of nitrogens with one attached hydrogen (secondary N) is 3. The first-order valence-corrected chi connectivity index (χ1v) is 16.0. The van der Waals surface area contributed by atoms with Crippen molar-refractivity contribution in [1.29, 1.82) is 0 Å². The first-order chi connectivity index (χ1) is 20.3. The Kier molecular flexibility index (Phi) is 9.80. The third-order valence-corrected chi connectivity index (χ3v) is 9.08. The number of nitrogens with zero attached hydrogens (tertiary/aromatic N) is 3. The summed E-state index contributed by atoms with van der Waals surface area (Å²) >= 11 is 2.51. The molecule has 1 aromatic carbocycles. The quantitative estimate of drug-likeness (QED) is 0.295. The van der Waals surface area contributed by atoms with Crippen molar-refractivity contribution < 1.29 is 23.9 Å². The standard InChI is InChI=1S/C29H35N6O5S2/c1-18(2)12-23(31-28(39)40-15-20-6-4-3-5-7-20)24-17-41-26(30-24)25(37)32-33-27(38)35-22(14-36)16-42-29(35)34(21-10-11-21)13-19-8-9-19/h3-7,16-19,21,23,29H,8-13,15H2,1-2H3,(H,31,39)(H,32,37)(H,33,38). The first kappa shape index (κ1) is 30.1. The highest BCUT2D eigenvalue weighted by atomic mass is 32.2. The normalized spacial score (nSPS) is 18.9. The summed E-state index contributed by atoms with van der Waals surface area (Å²) in [6, 6.07) is 8.70. The summed E-state index contributed by atoms with van der Waals surface area (Å²) in [5, 5.41) is 6.33. The van der Waals surface area contributed by atoms with Gasteiger partial charge in [0, 0.05) is 23.4 Å². The number of benzene rings is 1. The van der Waals surface area contributed by atoms with Crippen molar-refractivity contribution in [2.75, 3.05) is 6.54 Å². The minimum Gasteiger partial charge on any atom is -0.445 e. The van der Waals surface area contributed by atoms with Gasteiger partial charge in [0.25, 0.3) is 12.2 Å². The fraction of sp³-hybridized carbons (Fsp3) is 0.483. The van der Waals surface area contributed by atoms with Crippen LogP contribution >= 0.6 is 23.1 Å². The van der Waals surface area contributed by atoms with Crippen molar-refractivity contribution in [3.8, 4) is 0 Å². The molecule has 42 heavy (non-hydrogen) atoms. The van der Waals surface area contributed by atoms with Gasteiger partial charge in [-0.25, -0.2) is 20.0 Å². The number of carbonyl (C=O) groups excluding carboxylic acids is 4. The van der Waals surface area contributed by atoms with E-state index >= 15 is 0 Å². The summed E-state index contributed by atoms with van der Waals surface area (Å²) in [4.78, 5) is 58.4. The lowest BCUT2D eigenvalue weighted by Crippen LogP contribution is -2.54. The smallest absolute Gasteiger partial charge is 0.408 e. The number of allylic oxidation sites excluding steroid dienone is 1. The Morgan fingerprint density at radius 2 is 1.90 bits per heavy atom. The van der Waals surface area contributed by atoms with Gasteiger partial charge in [0.15, 0.2) is 5.01 Å². The van der Waals surface area contributed by atoms with E-state index in [2.05, 4.69) is 26.1 Å². The maximum atomic E-state index is 13.2. The molecule has 2 aliphatic carbocycles. The number of thioether (sulfide) groups is 1. The Labute approximate surface area is 253 Å². The molecule has 2 fully saturated rings. The molecule has 4 amide bonds. The van der Waals surface area contributed by atoms with Crippen molar-refractivity contribution >= 4 is 47.4 Å². The zero-order chi connectivity index (χ0) is 29.6. The summed E-state index contributed by atoms with van der Waals surface area (Å²) in [6.07, 6.45) is 6.37. The number of alkyl carbamates (subject to hydrolysis) is 1. The summed E-state index contributed by atoms with van der Waals surface area (Å²) in [7, 11) is 0. The molecule has 5 rings (SSSR count). The number of carbonyl (C=O) groups is 3. The number of hydrogen-bond acceptors (Lipinski definition) is 9. The average molecular weight is 612 g/mol. The van der Waals surface area contributed by atoms with Crippen LogP contribution in [0.5, 0.6) is 0 Å². The van der Waals surface area contributed by atoms with Gasteiger partial charge in [0.05, 0.1) is 11.7 Å². The second kappa shape index (κ2) is 13.7. The van der Waals surface area contributed by atoms with Crippen molar-refractivity contribution in [1.82, 2.24) is 31.0 Å². The highest BCUT2D eigenvalue weighted by Crippen LogP contribution is 2.42. The molecule has 11 nitrogen and oxygen atoms in total. The average Bonchev–Trinajstić information content (AvgIpc) is 3.90. The highest BCUT2D eigenvalue weighted by Gasteiger charge is 2.44. The van der Waals surface area contributed by atoms with Gasteiger partial charge in [0.1, 0.15) is 17.8 Å². The van der Waals surface area contributed by atoms with Crippen LogP contribution in [0.4, 0.5) is 9.59 Å². The topological polar surface area (TPSA) is 133 Å². The van der Waals surface area contributed by atoms with Crippen molar-refractivity contribution in [3.63, 3.8) is 0 Å². The second-order valence-corrected chi connectivity index (χ2v) is 12.9. The maximum absolute atomic E-state index is 13.2. The third-order valence-electron chi connectivity index (χ3n) is 7.14. The highest BCUT2D eigenvalue weighted by molar-refractivity contribution is 8.02. The molecule has 3 N–H and O–H groups in total. The van der Waals surface area contributed by atoms with Crippen LogP contribution in [-0.2, 0) is 16.1 Å². The number of urea groups is 1. The number of hydrogen-bond donors (Lipinski definition) is 3. The molecule has 0 spiro atoms. The Morgan fingerprint density at radius 3 is 2.57 bits per heavy atom. The Morgan fingerprint density at radius 1 is 1.14 bits per heavy atom. The molecular weight excluding hydrogens is 576 g/mol. The van der Waals surface area contributed by atoms with Crippen LogP contribution in [0.25, 0.3) is 0 Å². The number of amides is 4. The van der Waals surface area contributed by atoms with E-state index in [1.165, 1.54) is 29.5 Å². The van der Waals surface area contributed by atoms with Crippen LogP contribution in [-0.4, -0.2) is 57.2 Å². The molecule has 2 saturated carbocycles. The van der Waals surface area contributed by atoms with E-state index in [1.807, 2.05) is 50.5 Å². The maximum Gasteiger partial charge on any atom is 0.408 e. The monoisotopic (exact) mass is 611 g/mol. The molecule has 2 heterocycles. The summed E-state index contributed by atoms with van der Waals surface area (Å²) < 4.78 is 5.37. The van der Waals surface area contributed by atoms with Gasteiger partial charge < -0.3 is 10.1 Å². The number of rotatable bonds is 12. The molecule has 2 aromatic rings. The van der Waals surface area contributed by atoms with E-state index < -0.39 is 24.1 Å². The molecule has 2 atom stereocenters. The van der Waals surface area contributed by atoms with Gasteiger partial charge in [0.2, 0.25) is 0 Å². The SMILES string of the molecule is CC(C)CC(NC(=O)OCc1ccccc1)c1csc(C(=O)NNC(=O)N2C([C]=O)=CSC2N(CC2CC2)C2CC2)n1. The molecule has 0 bridgehead atoms. The van der Waals surface area contributed by atoms with E-state index in [0.717, 1.165) is 36.3 Å². The molecule has 3 aliphatic rings. The van der Waals surface area contributed by atoms with Gasteiger partial charge in [-0.2, -0.15) is 0 Å². The van der Waals surface area contributed by atoms with E-state index in [9.17, 15) is 19.2 Å². The van der Waals surface area contributed by atoms with E-state index in [-0.39, 0.29) is 28.7 Å². The Bertz CT molecular complexity index is 1310. The Balaban J connectivity index is 1.18. The number of aromatic nitrogens is 1. The molecule has 1 aliphatic heterocycles. The molecule has 1 aromatic heterocycles. The van der Waals surface area contributed by atoms with Crippen LogP contribution in [0.1, 0.15) is 73.1 Å². The summed E-state index contributed by atoms with van der Waals surface area (Å²) in [5.41, 5.74) is 6.04. The molecule has 223 valence electrons. The number of hydrazine groups is 1. The lowest BCUT2D eigenvalue weighted by Gasteiger charge is -2.35. The Hall–Kier alpha value is -3.42. The van der Waals surface area contributed by atoms with Gasteiger partial charge in [-0.1, -0.05) is 55.9 Å². The molecule has 1 radical (unpaired) electrons. The van der Waals surface area contributed by atoms with Crippen molar-refractivity contribution in [2.24, 2.45) is 11.8 Å². The fourth-order valence-electron chi connectivity index (χ4n) is 4.70. The van der Waals surface area contributed by atoms with Gasteiger partial charge in [-0.3, -0.25) is 24.8 Å². The number of ether oxygens (including phenoxy) is 1. The van der Waals surface area contributed by atoms with E-state index in [4.69, 9.17) is 4.74 Å². The minimum atomic E-state index is -0.619. The predicted molar refractivity (Wildman–Crippen MR) is 160 cm³/mol. The van der Waals surface area contributed by atoms with E-state index in [0.29, 0.717) is 24.1 Å². The van der Waals surface area contributed by atoms with Gasteiger partial charge >= 0.3 is 12.1 Å². The van der Waals surface area contributed by atoms with Gasteiger partial charge in [-0.15, -0.1) is 11.3 Å². The lowest BCUT2D eigenvalue weighted by molar-refractivity contribution is 0.0920. The zero-order valence-electron chi connectivity index (χ0n) is 23.6. The van der Waals surface area contributed by atoms with Crippen LogP contribution in [0.15, 0.2) is 46.8 Å². The fourth-order valence-corrected chi connectivity index (χ4v) is 6.63. The molecule has 0 saturated heterocycles. The first-order valence-electron chi connectivity index (χ1n) is 14.1.